The molecule has 0 radical (unpaired) electrons. The largest absolute Gasteiger partial charge is 0.481 e. The van der Waals surface area contributed by atoms with Crippen LogP contribution in [0.4, 0.5) is 9.18 Å². The van der Waals surface area contributed by atoms with Gasteiger partial charge in [-0.2, -0.15) is 10.3 Å². The van der Waals surface area contributed by atoms with Crippen molar-refractivity contribution in [3.8, 4) is 6.07 Å². The van der Waals surface area contributed by atoms with E-state index in [0.717, 1.165) is 10.5 Å². The second kappa shape index (κ2) is 13.0. The fourth-order valence-corrected chi connectivity index (χ4v) is 4.83. The van der Waals surface area contributed by atoms with Gasteiger partial charge in [0.15, 0.2) is 0 Å². The monoisotopic (exact) mass is 552 g/mol. The Bertz CT molecular complexity index is 1290. The number of hydrazine groups is 1. The van der Waals surface area contributed by atoms with Crippen LogP contribution in [-0.2, 0) is 32.3 Å². The number of carbonyl (C=O) groups excluding carboxylic acids is 3. The van der Waals surface area contributed by atoms with Crippen LogP contribution in [-0.4, -0.2) is 93.7 Å². The number of hydrogen-bond donors (Lipinski definition) is 2. The molecule has 4 rings (SSSR count). The maximum absolute atomic E-state index is 13.4. The number of carbonyl (C=O) groups is 4. The smallest absolute Gasteiger partial charge is 0.334 e. The molecule has 210 valence electrons. The number of nitriles is 1. The topological polar surface area (TPSA) is 147 Å². The number of carboxylic acid groups (broad SMARTS) is 1. The first-order valence-electron chi connectivity index (χ1n) is 12.6. The van der Waals surface area contributed by atoms with Gasteiger partial charge in [-0.25, -0.2) is 14.2 Å². The number of piperazine rings is 1. The number of aliphatic carboxylic acids is 1. The molecule has 2 saturated heterocycles. The summed E-state index contributed by atoms with van der Waals surface area (Å²) in [4.78, 5) is 54.1. The number of urea groups is 1. The van der Waals surface area contributed by atoms with Gasteiger partial charge in [0, 0.05) is 13.1 Å². The number of hydrogen-bond acceptors (Lipinski definition) is 7. The summed E-state index contributed by atoms with van der Waals surface area (Å²) in [5.41, 5.74) is 1.43. The van der Waals surface area contributed by atoms with Gasteiger partial charge in [0.05, 0.1) is 38.8 Å². The number of amides is 4. The van der Waals surface area contributed by atoms with Gasteiger partial charge < -0.3 is 25.0 Å². The summed E-state index contributed by atoms with van der Waals surface area (Å²) in [5, 5.41) is 24.2. The summed E-state index contributed by atoms with van der Waals surface area (Å²) >= 11 is 0. The Hall–Kier alpha value is -4.54. The molecular formula is C27H29FN6O6. The molecule has 13 heteroatoms. The Morgan fingerprint density at radius 2 is 1.88 bits per heavy atom. The zero-order valence-corrected chi connectivity index (χ0v) is 21.6. The van der Waals surface area contributed by atoms with E-state index in [1.165, 1.54) is 27.1 Å². The van der Waals surface area contributed by atoms with E-state index in [0.29, 0.717) is 5.56 Å². The average Bonchev–Trinajstić information content (AvgIpc) is 2.92. The van der Waals surface area contributed by atoms with E-state index in [-0.39, 0.29) is 45.9 Å². The fraction of sp³-hybridized carbons (Fsp3) is 0.370. The zero-order chi connectivity index (χ0) is 28.6. The van der Waals surface area contributed by atoms with Gasteiger partial charge in [0.1, 0.15) is 24.6 Å². The lowest BCUT2D eigenvalue weighted by Crippen LogP contribution is -2.76. The van der Waals surface area contributed by atoms with Gasteiger partial charge in [-0.1, -0.05) is 42.5 Å². The lowest BCUT2D eigenvalue weighted by molar-refractivity contribution is -0.190. The molecule has 1 unspecified atom stereocenters. The first-order valence-corrected chi connectivity index (χ1v) is 12.6. The highest BCUT2D eigenvalue weighted by Gasteiger charge is 2.51. The van der Waals surface area contributed by atoms with Crippen molar-refractivity contribution >= 4 is 23.8 Å². The minimum absolute atomic E-state index is 0.0422. The third-order valence-electron chi connectivity index (χ3n) is 6.61. The lowest BCUT2D eigenvalue weighted by atomic mass is 10.0. The summed E-state index contributed by atoms with van der Waals surface area (Å²) < 4.78 is 19.1. The Labute approximate surface area is 230 Å². The Balaban J connectivity index is 1.53. The number of nitrogens with zero attached hydrogens (tertiary/aromatic N) is 5. The highest BCUT2D eigenvalue weighted by molar-refractivity contribution is 5.93. The fourth-order valence-electron chi connectivity index (χ4n) is 4.83. The number of nitrogens with one attached hydrogen (secondary N) is 1. The van der Waals surface area contributed by atoms with Gasteiger partial charge in [-0.15, -0.1) is 0 Å². The summed E-state index contributed by atoms with van der Waals surface area (Å²) in [6, 6.07) is 15.0. The van der Waals surface area contributed by atoms with Crippen molar-refractivity contribution in [2.45, 2.75) is 31.8 Å². The van der Waals surface area contributed by atoms with E-state index in [4.69, 9.17) is 4.74 Å². The van der Waals surface area contributed by atoms with Crippen molar-refractivity contribution in [3.63, 3.8) is 0 Å². The quantitative estimate of drug-likeness (QED) is 0.330. The minimum atomic E-state index is -1.35. The standard InChI is InChI=1S/C27H29FN6O6/c28-21-8-4-7-20(13-21)18-40-12-11-31-16-23-33(22(26(31)38)14-25(36)37)24(35)17-32(10-9-29)34(23)27(39)30-15-19-5-2-1-3-6-19/h1-8,13,22-23H,10-12,14-18H2,(H,30,39)(H,36,37)/t22?,23-/m0/s1. The van der Waals surface area contributed by atoms with E-state index in [1.54, 1.807) is 12.1 Å². The Morgan fingerprint density at radius 3 is 2.58 bits per heavy atom. The van der Waals surface area contributed by atoms with Crippen LogP contribution in [0.25, 0.3) is 0 Å². The molecule has 0 aliphatic carbocycles. The first kappa shape index (κ1) is 28.5. The van der Waals surface area contributed by atoms with Crippen LogP contribution in [0.1, 0.15) is 17.5 Å². The number of fused-ring (bicyclic) bond motifs is 1. The van der Waals surface area contributed by atoms with Gasteiger partial charge in [0.25, 0.3) is 0 Å². The minimum Gasteiger partial charge on any atom is -0.481 e. The second-order valence-corrected chi connectivity index (χ2v) is 9.33. The number of rotatable bonds is 10. The third-order valence-corrected chi connectivity index (χ3v) is 6.61. The molecule has 12 nitrogen and oxygen atoms in total. The molecule has 2 heterocycles. The molecule has 2 N–H and O–H groups in total. The van der Waals surface area contributed by atoms with Gasteiger partial charge in [-0.3, -0.25) is 14.4 Å². The van der Waals surface area contributed by atoms with Crippen LogP contribution in [0, 0.1) is 17.1 Å². The van der Waals surface area contributed by atoms with E-state index < -0.39 is 48.3 Å². The molecule has 0 aromatic heterocycles. The molecule has 2 fully saturated rings. The third kappa shape index (κ3) is 6.71. The molecule has 4 amide bonds. The molecule has 2 aliphatic heterocycles. The number of halogens is 1. The highest BCUT2D eigenvalue weighted by atomic mass is 19.1. The molecule has 2 aromatic rings. The van der Waals surface area contributed by atoms with Gasteiger partial charge >= 0.3 is 12.0 Å². The maximum Gasteiger partial charge on any atom is 0.334 e. The van der Waals surface area contributed by atoms with E-state index in [1.807, 2.05) is 36.4 Å². The van der Waals surface area contributed by atoms with E-state index in [2.05, 4.69) is 5.32 Å². The van der Waals surface area contributed by atoms with Crippen molar-refractivity contribution < 1.29 is 33.4 Å². The molecule has 0 spiro atoms. The summed E-state index contributed by atoms with van der Waals surface area (Å²) in [6.45, 7) is -0.412. The molecule has 2 aromatic carbocycles. The first-order chi connectivity index (χ1) is 19.3. The zero-order valence-electron chi connectivity index (χ0n) is 21.6. The van der Waals surface area contributed by atoms with Crippen molar-refractivity contribution in [1.82, 2.24) is 25.1 Å². The van der Waals surface area contributed by atoms with Crippen LogP contribution < -0.4 is 5.32 Å². The van der Waals surface area contributed by atoms with Crippen molar-refractivity contribution in [2.75, 3.05) is 32.8 Å². The predicted octanol–water partition coefficient (Wildman–Crippen LogP) is 1.15. The number of carboxylic acids is 1. The van der Waals surface area contributed by atoms with Crippen LogP contribution >= 0.6 is 0 Å². The number of benzene rings is 2. The van der Waals surface area contributed by atoms with Crippen molar-refractivity contribution in [3.05, 3.63) is 71.5 Å². The number of ether oxygens (including phenoxy) is 1. The summed E-state index contributed by atoms with van der Waals surface area (Å²) in [6.07, 6.45) is -1.70. The van der Waals surface area contributed by atoms with Crippen molar-refractivity contribution in [1.29, 1.82) is 5.26 Å². The summed E-state index contributed by atoms with van der Waals surface area (Å²) in [5.74, 6) is -2.83. The Morgan fingerprint density at radius 1 is 1.12 bits per heavy atom. The van der Waals surface area contributed by atoms with Gasteiger partial charge in [-0.05, 0) is 23.3 Å². The Kier molecular flexibility index (Phi) is 9.26. The molecule has 0 saturated carbocycles. The molecule has 40 heavy (non-hydrogen) atoms. The van der Waals surface area contributed by atoms with Crippen LogP contribution in [0.3, 0.4) is 0 Å². The van der Waals surface area contributed by atoms with Crippen LogP contribution in [0.15, 0.2) is 54.6 Å². The normalized spacial score (nSPS) is 19.2. The van der Waals surface area contributed by atoms with Gasteiger partial charge in [0.2, 0.25) is 11.8 Å². The maximum atomic E-state index is 13.4. The molecule has 2 aliphatic rings. The summed E-state index contributed by atoms with van der Waals surface area (Å²) in [7, 11) is 0. The lowest BCUT2D eigenvalue weighted by Gasteiger charge is -2.54. The van der Waals surface area contributed by atoms with Crippen LogP contribution in [0.2, 0.25) is 0 Å². The molecular weight excluding hydrogens is 523 g/mol. The second-order valence-electron chi connectivity index (χ2n) is 9.33. The highest BCUT2D eigenvalue weighted by Crippen LogP contribution is 2.28. The SMILES string of the molecule is N#CCN1CC(=O)N2C(CC(=O)O)C(=O)N(CCOCc3cccc(F)c3)C[C@@H]2N1C(=O)NCc1ccccc1. The average molecular weight is 553 g/mol. The van der Waals surface area contributed by atoms with Crippen molar-refractivity contribution in [2.24, 2.45) is 0 Å². The van der Waals surface area contributed by atoms with Crippen LogP contribution in [0.5, 0.6) is 0 Å². The predicted molar refractivity (Wildman–Crippen MR) is 137 cm³/mol. The molecule has 2 atom stereocenters. The van der Waals surface area contributed by atoms with E-state index in [9.17, 15) is 33.9 Å². The van der Waals surface area contributed by atoms with E-state index >= 15 is 0 Å². The molecule has 0 bridgehead atoms.